The molecule has 5 nitrogen and oxygen atoms in total. The summed E-state index contributed by atoms with van der Waals surface area (Å²) in [4.78, 5) is 35.8. The van der Waals surface area contributed by atoms with E-state index in [1.807, 2.05) is 44.2 Å². The fourth-order valence-electron chi connectivity index (χ4n) is 2.90. The molecule has 0 aliphatic heterocycles. The van der Waals surface area contributed by atoms with Gasteiger partial charge in [-0.05, 0) is 44.0 Å². The molecule has 0 saturated carbocycles. The number of hydrogen-bond acceptors (Lipinski definition) is 4. The molecule has 132 valence electrons. The standard InChI is InChI=1S/C21H21N3O2/c1-3-15-11-19(14(2)24-21(15)26)16-10-17(13-22-12-16)20(25)8-7-18-6-4-5-9-23-18/h4-6,9-13H,3,7-8H2,1-2H3,(H,24,26). The second-order valence-corrected chi connectivity index (χ2v) is 6.22. The Labute approximate surface area is 152 Å². The molecule has 26 heavy (non-hydrogen) atoms. The Kier molecular flexibility index (Phi) is 5.37. The van der Waals surface area contributed by atoms with Gasteiger partial charge in [-0.3, -0.25) is 19.6 Å². The number of pyridine rings is 3. The number of H-pyrrole nitrogens is 1. The Balaban J connectivity index is 1.84. The van der Waals surface area contributed by atoms with Crippen molar-refractivity contribution in [3.05, 3.63) is 81.8 Å². The Morgan fingerprint density at radius 2 is 2.04 bits per heavy atom. The van der Waals surface area contributed by atoms with Gasteiger partial charge in [0, 0.05) is 58.7 Å². The van der Waals surface area contributed by atoms with Crippen molar-refractivity contribution in [1.82, 2.24) is 15.0 Å². The van der Waals surface area contributed by atoms with Gasteiger partial charge in [0.1, 0.15) is 0 Å². The molecule has 3 heterocycles. The topological polar surface area (TPSA) is 75.7 Å². The van der Waals surface area contributed by atoms with Gasteiger partial charge in [0.15, 0.2) is 5.78 Å². The summed E-state index contributed by atoms with van der Waals surface area (Å²) >= 11 is 0. The van der Waals surface area contributed by atoms with Gasteiger partial charge in [-0.1, -0.05) is 13.0 Å². The zero-order valence-corrected chi connectivity index (χ0v) is 15.0. The van der Waals surface area contributed by atoms with Gasteiger partial charge in [0.05, 0.1) is 0 Å². The number of nitrogens with zero attached hydrogens (tertiary/aromatic N) is 2. The molecule has 0 radical (unpaired) electrons. The number of nitrogens with one attached hydrogen (secondary N) is 1. The fourth-order valence-corrected chi connectivity index (χ4v) is 2.90. The third-order valence-corrected chi connectivity index (χ3v) is 4.40. The molecule has 0 bridgehead atoms. The van der Waals surface area contributed by atoms with Crippen LogP contribution in [0.15, 0.2) is 53.7 Å². The SMILES string of the molecule is CCc1cc(-c2cncc(C(=O)CCc3ccccn3)c2)c(C)[nH]c1=O. The van der Waals surface area contributed by atoms with Crippen molar-refractivity contribution in [3.8, 4) is 11.1 Å². The van der Waals surface area contributed by atoms with E-state index in [9.17, 15) is 9.59 Å². The summed E-state index contributed by atoms with van der Waals surface area (Å²) in [6.45, 7) is 3.80. The number of aromatic amines is 1. The first-order chi connectivity index (χ1) is 12.6. The fraction of sp³-hybridized carbons (Fsp3) is 0.238. The molecule has 3 aromatic heterocycles. The molecule has 0 aliphatic rings. The summed E-state index contributed by atoms with van der Waals surface area (Å²) in [7, 11) is 0. The van der Waals surface area contributed by atoms with Crippen molar-refractivity contribution in [2.45, 2.75) is 33.1 Å². The lowest BCUT2D eigenvalue weighted by molar-refractivity contribution is 0.0982. The van der Waals surface area contributed by atoms with Crippen LogP contribution in [0.5, 0.6) is 0 Å². The van der Waals surface area contributed by atoms with Gasteiger partial charge in [0.2, 0.25) is 0 Å². The maximum absolute atomic E-state index is 12.5. The summed E-state index contributed by atoms with van der Waals surface area (Å²) in [6.07, 6.45) is 6.67. The highest BCUT2D eigenvalue weighted by Gasteiger charge is 2.12. The molecule has 0 fully saturated rings. The van der Waals surface area contributed by atoms with Crippen molar-refractivity contribution in [2.75, 3.05) is 0 Å². The van der Waals surface area contributed by atoms with E-state index in [-0.39, 0.29) is 11.3 Å². The van der Waals surface area contributed by atoms with E-state index in [0.29, 0.717) is 24.8 Å². The molecule has 1 N–H and O–H groups in total. The monoisotopic (exact) mass is 347 g/mol. The van der Waals surface area contributed by atoms with Crippen LogP contribution in [0.4, 0.5) is 0 Å². The number of hydrogen-bond donors (Lipinski definition) is 1. The smallest absolute Gasteiger partial charge is 0.251 e. The van der Waals surface area contributed by atoms with E-state index >= 15 is 0 Å². The average molecular weight is 347 g/mol. The number of aryl methyl sites for hydroxylation is 3. The normalized spacial score (nSPS) is 10.7. The highest BCUT2D eigenvalue weighted by atomic mass is 16.1. The molecule has 0 amide bonds. The molecule has 0 spiro atoms. The molecule has 3 rings (SSSR count). The van der Waals surface area contributed by atoms with Gasteiger partial charge in [-0.15, -0.1) is 0 Å². The van der Waals surface area contributed by atoms with E-state index in [0.717, 1.165) is 28.1 Å². The molecule has 0 aromatic carbocycles. The first kappa shape index (κ1) is 17.7. The predicted octanol–water partition coefficient (Wildman–Crippen LogP) is 3.52. The minimum absolute atomic E-state index is 0.0304. The van der Waals surface area contributed by atoms with Gasteiger partial charge in [0.25, 0.3) is 5.56 Å². The molecule has 0 atom stereocenters. The maximum atomic E-state index is 12.5. The zero-order chi connectivity index (χ0) is 18.5. The van der Waals surface area contributed by atoms with E-state index in [4.69, 9.17) is 0 Å². The van der Waals surface area contributed by atoms with Crippen molar-refractivity contribution in [2.24, 2.45) is 0 Å². The second kappa shape index (κ2) is 7.87. The molecule has 5 heteroatoms. The van der Waals surface area contributed by atoms with Crippen LogP contribution in [0, 0.1) is 6.92 Å². The average Bonchev–Trinajstić information content (AvgIpc) is 2.67. The molecule has 0 aliphatic carbocycles. The van der Waals surface area contributed by atoms with Gasteiger partial charge >= 0.3 is 0 Å². The maximum Gasteiger partial charge on any atom is 0.251 e. The molecule has 0 unspecified atom stereocenters. The molecular weight excluding hydrogens is 326 g/mol. The third-order valence-electron chi connectivity index (χ3n) is 4.40. The Bertz CT molecular complexity index is 978. The lowest BCUT2D eigenvalue weighted by Crippen LogP contribution is -2.13. The Morgan fingerprint density at radius 3 is 2.77 bits per heavy atom. The van der Waals surface area contributed by atoms with Gasteiger partial charge in [-0.2, -0.15) is 0 Å². The number of aromatic nitrogens is 3. The first-order valence-corrected chi connectivity index (χ1v) is 8.69. The van der Waals surface area contributed by atoms with Crippen LogP contribution in [0.3, 0.4) is 0 Å². The van der Waals surface area contributed by atoms with Crippen LogP contribution in [0.2, 0.25) is 0 Å². The van der Waals surface area contributed by atoms with Crippen LogP contribution < -0.4 is 5.56 Å². The number of rotatable bonds is 6. The summed E-state index contributed by atoms with van der Waals surface area (Å²) in [5, 5.41) is 0. The summed E-state index contributed by atoms with van der Waals surface area (Å²) in [5.41, 5.74) is 4.62. The Hall–Kier alpha value is -3.08. The van der Waals surface area contributed by atoms with E-state index < -0.39 is 0 Å². The van der Waals surface area contributed by atoms with Crippen LogP contribution in [-0.4, -0.2) is 20.7 Å². The van der Waals surface area contributed by atoms with Crippen molar-refractivity contribution < 1.29 is 4.79 Å². The minimum atomic E-state index is -0.0655. The van der Waals surface area contributed by atoms with E-state index in [1.165, 1.54) is 0 Å². The molecule has 0 saturated heterocycles. The molecule has 3 aromatic rings. The first-order valence-electron chi connectivity index (χ1n) is 8.69. The van der Waals surface area contributed by atoms with Gasteiger partial charge in [-0.25, -0.2) is 0 Å². The highest BCUT2D eigenvalue weighted by Crippen LogP contribution is 2.23. The lowest BCUT2D eigenvalue weighted by atomic mass is 9.99. The number of ketones is 1. The zero-order valence-electron chi connectivity index (χ0n) is 15.0. The van der Waals surface area contributed by atoms with Crippen molar-refractivity contribution in [1.29, 1.82) is 0 Å². The van der Waals surface area contributed by atoms with Crippen LogP contribution >= 0.6 is 0 Å². The largest absolute Gasteiger partial charge is 0.326 e. The van der Waals surface area contributed by atoms with E-state index in [1.54, 1.807) is 18.6 Å². The second-order valence-electron chi connectivity index (χ2n) is 6.22. The minimum Gasteiger partial charge on any atom is -0.326 e. The highest BCUT2D eigenvalue weighted by molar-refractivity contribution is 5.97. The van der Waals surface area contributed by atoms with Crippen LogP contribution in [-0.2, 0) is 12.8 Å². The predicted molar refractivity (Wildman–Crippen MR) is 101 cm³/mol. The summed E-state index contributed by atoms with van der Waals surface area (Å²) < 4.78 is 0. The van der Waals surface area contributed by atoms with Crippen LogP contribution in [0.25, 0.3) is 11.1 Å². The number of carbonyl (C=O) groups excluding carboxylic acids is 1. The van der Waals surface area contributed by atoms with Crippen LogP contribution in [0.1, 0.15) is 40.7 Å². The van der Waals surface area contributed by atoms with Crippen molar-refractivity contribution in [3.63, 3.8) is 0 Å². The number of carbonyl (C=O) groups is 1. The summed E-state index contributed by atoms with van der Waals surface area (Å²) in [5.74, 6) is 0.0304. The quantitative estimate of drug-likeness (QED) is 0.692. The Morgan fingerprint density at radius 1 is 1.19 bits per heavy atom. The molecular formula is C21H21N3O2. The summed E-state index contributed by atoms with van der Waals surface area (Å²) in [6, 6.07) is 9.41. The number of Topliss-reactive ketones (excluding diaryl/α,β-unsaturated/α-hetero) is 1. The third kappa shape index (κ3) is 3.94. The van der Waals surface area contributed by atoms with Crippen molar-refractivity contribution >= 4 is 5.78 Å². The lowest BCUT2D eigenvalue weighted by Gasteiger charge is -2.09. The van der Waals surface area contributed by atoms with Gasteiger partial charge < -0.3 is 4.98 Å². The van der Waals surface area contributed by atoms with E-state index in [2.05, 4.69) is 15.0 Å².